The van der Waals surface area contributed by atoms with E-state index in [1.165, 1.54) is 121 Å². The van der Waals surface area contributed by atoms with Gasteiger partial charge in [-0.1, -0.05) is 194 Å². The summed E-state index contributed by atoms with van der Waals surface area (Å²) < 4.78 is 0. The number of rotatable bonds is 2. The molecule has 0 aromatic heterocycles. The van der Waals surface area contributed by atoms with Crippen LogP contribution in [0.25, 0.3) is 98.4 Å². The van der Waals surface area contributed by atoms with Gasteiger partial charge in [0.05, 0.1) is 5.41 Å². The van der Waals surface area contributed by atoms with Gasteiger partial charge in [0.2, 0.25) is 0 Å². The molecular formula is C57H34. The zero-order chi connectivity index (χ0) is 37.2. The maximum atomic E-state index is 2.55. The lowest BCUT2D eigenvalue weighted by molar-refractivity contribution is 0.803. The highest BCUT2D eigenvalue weighted by atomic mass is 14.5. The minimum Gasteiger partial charge on any atom is -0.0619 e. The first-order valence-corrected chi connectivity index (χ1v) is 20.0. The Kier molecular flexibility index (Phi) is 6.19. The van der Waals surface area contributed by atoms with Gasteiger partial charge in [-0.2, -0.15) is 0 Å². The highest BCUT2D eigenvalue weighted by Crippen LogP contribution is 2.66. The molecule has 0 saturated carbocycles. The van der Waals surface area contributed by atoms with Crippen molar-refractivity contribution in [1.29, 1.82) is 0 Å². The molecular weight excluding hydrogens is 685 g/mol. The molecule has 0 nitrogen and oxygen atoms in total. The molecule has 2 aliphatic carbocycles. The Bertz CT molecular complexity index is 3390. The summed E-state index contributed by atoms with van der Waals surface area (Å²) in [5.41, 5.74) is 15.2. The quantitative estimate of drug-likeness (QED) is 0.156. The minimum absolute atomic E-state index is 0.579. The molecule has 0 unspecified atom stereocenters. The van der Waals surface area contributed by atoms with Crippen molar-refractivity contribution < 1.29 is 0 Å². The molecule has 0 heterocycles. The molecule has 2 aliphatic rings. The van der Waals surface area contributed by atoms with Crippen molar-refractivity contribution in [2.45, 2.75) is 5.41 Å². The Morgan fingerprint density at radius 2 is 0.737 bits per heavy atom. The smallest absolute Gasteiger partial charge is 0.0619 e. The number of hydrogen-bond acceptors (Lipinski definition) is 0. The standard InChI is InChI=1S/C57H34/c1-4-18-40-35(13-1)16-11-24-42(40)38-28-30-46-47-31-29-39(43-25-12-17-36-14-2-5-19-41(36)43)34-53(47)57(52(46)33-38)51-26-10-9-23-50(51)55-48-22-8-7-21-45(48)49-32-27-37-15-3-6-20-44(37)54(49)56(55)57/h1-34H. The van der Waals surface area contributed by atoms with Gasteiger partial charge < -0.3 is 0 Å². The fraction of sp³-hybridized carbons (Fsp3) is 0.0175. The monoisotopic (exact) mass is 718 g/mol. The molecule has 11 aromatic carbocycles. The van der Waals surface area contributed by atoms with E-state index in [1.807, 2.05) is 0 Å². The fourth-order valence-electron chi connectivity index (χ4n) is 11.0. The number of benzene rings is 11. The largest absolute Gasteiger partial charge is 0.0732 e. The third-order valence-electron chi connectivity index (χ3n) is 13.2. The van der Waals surface area contributed by atoms with Gasteiger partial charge in [-0.15, -0.1) is 0 Å². The van der Waals surface area contributed by atoms with Gasteiger partial charge in [0.1, 0.15) is 0 Å². The summed E-state index contributed by atoms with van der Waals surface area (Å²) in [6, 6.07) is 77.8. The van der Waals surface area contributed by atoms with E-state index in [4.69, 9.17) is 0 Å². The molecule has 0 amide bonds. The Hall–Kier alpha value is -7.28. The van der Waals surface area contributed by atoms with Crippen LogP contribution in [0.3, 0.4) is 0 Å². The van der Waals surface area contributed by atoms with Crippen LogP contribution >= 0.6 is 0 Å². The second-order valence-corrected chi connectivity index (χ2v) is 15.9. The van der Waals surface area contributed by atoms with Gasteiger partial charge >= 0.3 is 0 Å². The lowest BCUT2D eigenvalue weighted by atomic mass is 9.68. The summed E-state index contributed by atoms with van der Waals surface area (Å²) in [4.78, 5) is 0. The van der Waals surface area contributed by atoms with E-state index in [9.17, 15) is 0 Å². The minimum atomic E-state index is -0.579. The van der Waals surface area contributed by atoms with E-state index in [1.54, 1.807) is 0 Å². The predicted octanol–water partition coefficient (Wildman–Crippen LogP) is 15.1. The zero-order valence-corrected chi connectivity index (χ0v) is 31.1. The SMILES string of the molecule is c1ccc2c(c1)-c1c(c3c4ccccc4ccc3c3ccccc13)C21c2cc(-c3cccc4ccccc34)ccc2-c2ccc(-c3cccc4ccccc34)cc21. The van der Waals surface area contributed by atoms with Crippen LogP contribution in [0, 0.1) is 0 Å². The lowest BCUT2D eigenvalue weighted by Gasteiger charge is -2.33. The third-order valence-corrected chi connectivity index (χ3v) is 13.2. The Morgan fingerprint density at radius 3 is 1.37 bits per heavy atom. The first-order valence-electron chi connectivity index (χ1n) is 20.0. The maximum absolute atomic E-state index is 2.55. The van der Waals surface area contributed by atoms with Crippen LogP contribution < -0.4 is 0 Å². The van der Waals surface area contributed by atoms with Gasteiger partial charge in [-0.05, 0) is 133 Å². The molecule has 1 spiro atoms. The van der Waals surface area contributed by atoms with Crippen molar-refractivity contribution in [2.24, 2.45) is 0 Å². The summed E-state index contributed by atoms with van der Waals surface area (Å²) in [5, 5.41) is 12.9. The van der Waals surface area contributed by atoms with E-state index in [2.05, 4.69) is 206 Å². The molecule has 0 aliphatic heterocycles. The van der Waals surface area contributed by atoms with E-state index < -0.39 is 5.41 Å². The van der Waals surface area contributed by atoms with Crippen molar-refractivity contribution in [3.8, 4) is 44.5 Å². The summed E-state index contributed by atoms with van der Waals surface area (Å²) in [5.74, 6) is 0. The summed E-state index contributed by atoms with van der Waals surface area (Å²) in [6.45, 7) is 0. The van der Waals surface area contributed by atoms with Crippen molar-refractivity contribution in [2.75, 3.05) is 0 Å². The fourth-order valence-corrected chi connectivity index (χ4v) is 11.0. The van der Waals surface area contributed by atoms with Crippen LogP contribution in [-0.4, -0.2) is 0 Å². The van der Waals surface area contributed by atoms with Crippen LogP contribution in [0.2, 0.25) is 0 Å². The van der Waals surface area contributed by atoms with Crippen LogP contribution in [0.4, 0.5) is 0 Å². The number of fused-ring (bicyclic) bond motifs is 19. The van der Waals surface area contributed by atoms with Crippen LogP contribution in [-0.2, 0) is 5.41 Å². The van der Waals surface area contributed by atoms with Gasteiger partial charge in [0, 0.05) is 0 Å². The molecule has 0 N–H and O–H groups in total. The van der Waals surface area contributed by atoms with Crippen molar-refractivity contribution >= 4 is 53.9 Å². The molecule has 0 fully saturated rings. The van der Waals surface area contributed by atoms with Crippen molar-refractivity contribution in [3.05, 3.63) is 229 Å². The lowest BCUT2D eigenvalue weighted by Crippen LogP contribution is -2.26. The van der Waals surface area contributed by atoms with Crippen LogP contribution in [0.15, 0.2) is 206 Å². The average Bonchev–Trinajstić information content (AvgIpc) is 3.75. The van der Waals surface area contributed by atoms with Gasteiger partial charge in [-0.3, -0.25) is 0 Å². The number of hydrogen-bond donors (Lipinski definition) is 0. The van der Waals surface area contributed by atoms with Crippen LogP contribution in [0.1, 0.15) is 22.3 Å². The second-order valence-electron chi connectivity index (χ2n) is 15.9. The van der Waals surface area contributed by atoms with Crippen molar-refractivity contribution in [3.63, 3.8) is 0 Å². The van der Waals surface area contributed by atoms with E-state index in [-0.39, 0.29) is 0 Å². The van der Waals surface area contributed by atoms with E-state index in [0.29, 0.717) is 0 Å². The highest BCUT2D eigenvalue weighted by molar-refractivity contribution is 6.26. The molecule has 13 rings (SSSR count). The molecule has 0 saturated heterocycles. The summed E-state index contributed by atoms with van der Waals surface area (Å²) >= 11 is 0. The summed E-state index contributed by atoms with van der Waals surface area (Å²) in [7, 11) is 0. The first-order chi connectivity index (χ1) is 28.3. The molecule has 0 radical (unpaired) electrons. The average molecular weight is 719 g/mol. The predicted molar refractivity (Wildman–Crippen MR) is 241 cm³/mol. The normalized spacial score (nSPS) is 13.4. The zero-order valence-electron chi connectivity index (χ0n) is 31.1. The molecule has 11 aromatic rings. The molecule has 0 heteroatoms. The molecule has 262 valence electrons. The first kappa shape index (κ1) is 31.0. The van der Waals surface area contributed by atoms with Crippen LogP contribution in [0.5, 0.6) is 0 Å². The van der Waals surface area contributed by atoms with Crippen molar-refractivity contribution in [1.82, 2.24) is 0 Å². The van der Waals surface area contributed by atoms with E-state index >= 15 is 0 Å². The maximum Gasteiger partial charge on any atom is 0.0732 e. The van der Waals surface area contributed by atoms with Gasteiger partial charge in [0.15, 0.2) is 0 Å². The van der Waals surface area contributed by atoms with Gasteiger partial charge in [-0.25, -0.2) is 0 Å². The van der Waals surface area contributed by atoms with E-state index in [0.717, 1.165) is 0 Å². The Labute approximate surface area is 330 Å². The summed E-state index contributed by atoms with van der Waals surface area (Å²) in [6.07, 6.45) is 0. The molecule has 0 bridgehead atoms. The van der Waals surface area contributed by atoms with Gasteiger partial charge in [0.25, 0.3) is 0 Å². The molecule has 0 atom stereocenters. The Balaban J connectivity index is 1.24. The highest BCUT2D eigenvalue weighted by Gasteiger charge is 2.53. The second kappa shape index (κ2) is 11.4. The third kappa shape index (κ3) is 4.02. The molecule has 57 heavy (non-hydrogen) atoms. The Morgan fingerprint density at radius 1 is 0.263 bits per heavy atom. The topological polar surface area (TPSA) is 0 Å².